The van der Waals surface area contributed by atoms with E-state index >= 15 is 0 Å². The van der Waals surface area contributed by atoms with Crippen LogP contribution in [-0.4, -0.2) is 24.4 Å². The molecule has 1 rings (SSSR count). The topological polar surface area (TPSA) is 84.2 Å². The van der Waals surface area contributed by atoms with Gasteiger partial charge in [-0.25, -0.2) is 4.39 Å². The maximum Gasteiger partial charge on any atom is 0.254 e. The van der Waals surface area contributed by atoms with Gasteiger partial charge in [0.15, 0.2) is 0 Å². The van der Waals surface area contributed by atoms with Crippen LogP contribution in [0, 0.1) is 12.7 Å². The van der Waals surface area contributed by atoms with Crippen LogP contribution in [0.25, 0.3) is 0 Å². The molecule has 4 N–H and O–H groups in total. The number of carbonyl (C=O) groups excluding carboxylic acids is 2. The Morgan fingerprint density at radius 1 is 1.35 bits per heavy atom. The Morgan fingerprint density at radius 2 is 2.00 bits per heavy atom. The molecule has 1 aromatic carbocycles. The number of rotatable bonds is 5. The molecule has 110 valence electrons. The summed E-state index contributed by atoms with van der Waals surface area (Å²) in [6.07, 6.45) is 0.146. The molecule has 1 aromatic rings. The fourth-order valence-corrected chi connectivity index (χ4v) is 1.74. The van der Waals surface area contributed by atoms with Crippen LogP contribution >= 0.6 is 0 Å². The van der Waals surface area contributed by atoms with Gasteiger partial charge in [0, 0.05) is 24.7 Å². The Labute approximate surface area is 117 Å². The number of nitrogen functional groups attached to an aromatic ring is 1. The first kappa shape index (κ1) is 15.9. The number of anilines is 1. The summed E-state index contributed by atoms with van der Waals surface area (Å²) >= 11 is 0. The van der Waals surface area contributed by atoms with Gasteiger partial charge in [0.2, 0.25) is 5.91 Å². The van der Waals surface area contributed by atoms with Crippen LogP contribution < -0.4 is 16.4 Å². The second kappa shape index (κ2) is 6.88. The first-order valence-electron chi connectivity index (χ1n) is 6.44. The Balaban J connectivity index is 2.58. The van der Waals surface area contributed by atoms with Gasteiger partial charge in [-0.3, -0.25) is 9.59 Å². The normalized spacial score (nSPS) is 10.4. The molecule has 0 aliphatic heterocycles. The van der Waals surface area contributed by atoms with Crippen LogP contribution in [0.1, 0.15) is 36.2 Å². The number of hydrogen-bond acceptors (Lipinski definition) is 3. The third kappa shape index (κ3) is 4.53. The van der Waals surface area contributed by atoms with Crippen molar-refractivity contribution in [3.05, 3.63) is 29.1 Å². The summed E-state index contributed by atoms with van der Waals surface area (Å²) in [4.78, 5) is 23.2. The van der Waals surface area contributed by atoms with Crippen molar-refractivity contribution in [1.82, 2.24) is 10.6 Å². The maximum absolute atomic E-state index is 13.8. The molecule has 0 saturated heterocycles. The van der Waals surface area contributed by atoms with Gasteiger partial charge in [0.05, 0.1) is 5.56 Å². The molecule has 0 aliphatic carbocycles. The van der Waals surface area contributed by atoms with E-state index in [1.54, 1.807) is 6.92 Å². The lowest BCUT2D eigenvalue weighted by Gasteiger charge is -2.10. The van der Waals surface area contributed by atoms with Gasteiger partial charge >= 0.3 is 0 Å². The minimum Gasteiger partial charge on any atom is -0.399 e. The number of nitrogens with two attached hydrogens (primary N) is 1. The zero-order valence-corrected chi connectivity index (χ0v) is 11.9. The van der Waals surface area contributed by atoms with Crippen molar-refractivity contribution >= 4 is 17.5 Å². The molecule has 20 heavy (non-hydrogen) atoms. The summed E-state index contributed by atoms with van der Waals surface area (Å²) in [7, 11) is 0. The van der Waals surface area contributed by atoms with Crippen LogP contribution in [0.15, 0.2) is 12.1 Å². The maximum atomic E-state index is 13.8. The first-order valence-corrected chi connectivity index (χ1v) is 6.44. The molecule has 0 heterocycles. The van der Waals surface area contributed by atoms with Gasteiger partial charge in [-0.05, 0) is 38.5 Å². The van der Waals surface area contributed by atoms with Crippen molar-refractivity contribution in [2.24, 2.45) is 0 Å². The van der Waals surface area contributed by atoms with Gasteiger partial charge in [-0.2, -0.15) is 0 Å². The fourth-order valence-electron chi connectivity index (χ4n) is 1.74. The number of benzene rings is 1. The zero-order valence-electron chi connectivity index (χ0n) is 11.9. The third-order valence-electron chi connectivity index (χ3n) is 2.61. The molecule has 0 bridgehead atoms. The molecular formula is C14H20FN3O2. The molecule has 0 radical (unpaired) electrons. The van der Waals surface area contributed by atoms with E-state index in [1.165, 1.54) is 12.1 Å². The number of halogens is 1. The van der Waals surface area contributed by atoms with Crippen LogP contribution in [0.4, 0.5) is 10.1 Å². The smallest absolute Gasteiger partial charge is 0.254 e. The minimum atomic E-state index is -0.594. The molecule has 0 aliphatic rings. The van der Waals surface area contributed by atoms with E-state index in [9.17, 15) is 14.0 Å². The highest BCUT2D eigenvalue weighted by Gasteiger charge is 2.14. The summed E-state index contributed by atoms with van der Waals surface area (Å²) in [5.41, 5.74) is 6.12. The quantitative estimate of drug-likeness (QED) is 0.712. The van der Waals surface area contributed by atoms with Crippen molar-refractivity contribution in [3.63, 3.8) is 0 Å². The van der Waals surface area contributed by atoms with Crippen molar-refractivity contribution in [2.75, 3.05) is 12.3 Å². The molecule has 2 amide bonds. The lowest BCUT2D eigenvalue weighted by molar-refractivity contribution is -0.121. The SMILES string of the molecule is Cc1cc(N)cc(C(=O)NCCC(=O)NC(C)C)c1F. The molecular weight excluding hydrogens is 261 g/mol. The third-order valence-corrected chi connectivity index (χ3v) is 2.61. The van der Waals surface area contributed by atoms with E-state index in [4.69, 9.17) is 5.73 Å². The molecule has 6 heteroatoms. The predicted octanol–water partition coefficient (Wildman–Crippen LogP) is 1.36. The summed E-state index contributed by atoms with van der Waals surface area (Å²) in [6.45, 7) is 5.38. The summed E-state index contributed by atoms with van der Waals surface area (Å²) in [5, 5.41) is 5.20. The molecule has 0 spiro atoms. The number of aryl methyl sites for hydroxylation is 1. The second-order valence-corrected chi connectivity index (χ2v) is 4.93. The monoisotopic (exact) mass is 281 g/mol. The lowest BCUT2D eigenvalue weighted by Crippen LogP contribution is -2.34. The summed E-state index contributed by atoms with van der Waals surface area (Å²) in [6, 6.07) is 2.79. The number of hydrogen-bond donors (Lipinski definition) is 3. The number of carbonyl (C=O) groups is 2. The van der Waals surface area contributed by atoms with E-state index in [2.05, 4.69) is 10.6 Å². The van der Waals surface area contributed by atoms with Crippen LogP contribution in [0.3, 0.4) is 0 Å². The molecule has 0 unspecified atom stereocenters. The van der Waals surface area contributed by atoms with E-state index in [-0.39, 0.29) is 30.5 Å². The van der Waals surface area contributed by atoms with Crippen LogP contribution in [0.2, 0.25) is 0 Å². The van der Waals surface area contributed by atoms with E-state index in [0.29, 0.717) is 11.3 Å². The molecule has 0 saturated carbocycles. The molecule has 0 aromatic heterocycles. The molecule has 5 nitrogen and oxygen atoms in total. The molecule has 0 fully saturated rings. The number of nitrogens with one attached hydrogen (secondary N) is 2. The summed E-state index contributed by atoms with van der Waals surface area (Å²) in [5.74, 6) is -1.33. The number of amides is 2. The lowest BCUT2D eigenvalue weighted by atomic mass is 10.1. The van der Waals surface area contributed by atoms with Crippen molar-refractivity contribution in [3.8, 4) is 0 Å². The van der Waals surface area contributed by atoms with Gasteiger partial charge < -0.3 is 16.4 Å². The van der Waals surface area contributed by atoms with Gasteiger partial charge in [0.25, 0.3) is 5.91 Å². The second-order valence-electron chi connectivity index (χ2n) is 4.93. The summed E-state index contributed by atoms with van der Waals surface area (Å²) < 4.78 is 13.8. The zero-order chi connectivity index (χ0) is 15.3. The Kier molecular flexibility index (Phi) is 5.49. The Hall–Kier alpha value is -2.11. The first-order chi connectivity index (χ1) is 9.31. The largest absolute Gasteiger partial charge is 0.399 e. The van der Waals surface area contributed by atoms with E-state index in [0.717, 1.165) is 0 Å². The van der Waals surface area contributed by atoms with Crippen LogP contribution in [0.5, 0.6) is 0 Å². The Bertz CT molecular complexity index is 515. The van der Waals surface area contributed by atoms with Crippen molar-refractivity contribution < 1.29 is 14.0 Å². The average molecular weight is 281 g/mol. The van der Waals surface area contributed by atoms with Crippen molar-refractivity contribution in [2.45, 2.75) is 33.2 Å². The highest BCUT2D eigenvalue weighted by Crippen LogP contribution is 2.16. The van der Waals surface area contributed by atoms with Gasteiger partial charge in [-0.1, -0.05) is 0 Å². The van der Waals surface area contributed by atoms with Crippen LogP contribution in [-0.2, 0) is 4.79 Å². The Morgan fingerprint density at radius 3 is 2.60 bits per heavy atom. The average Bonchev–Trinajstić information content (AvgIpc) is 2.32. The fraction of sp³-hybridized carbons (Fsp3) is 0.429. The van der Waals surface area contributed by atoms with Crippen molar-refractivity contribution in [1.29, 1.82) is 0 Å². The predicted molar refractivity (Wildman–Crippen MR) is 75.8 cm³/mol. The highest BCUT2D eigenvalue weighted by molar-refractivity contribution is 5.95. The van der Waals surface area contributed by atoms with Gasteiger partial charge in [0.1, 0.15) is 5.82 Å². The minimum absolute atomic E-state index is 0.0483. The standard InChI is InChI=1S/C14H20FN3O2/c1-8(2)18-12(19)4-5-17-14(20)11-7-10(16)6-9(3)13(11)15/h6-8H,4-5,16H2,1-3H3,(H,17,20)(H,18,19). The van der Waals surface area contributed by atoms with Gasteiger partial charge in [-0.15, -0.1) is 0 Å². The van der Waals surface area contributed by atoms with E-state index in [1.807, 2.05) is 13.8 Å². The molecule has 0 atom stereocenters. The van der Waals surface area contributed by atoms with E-state index < -0.39 is 11.7 Å². The highest BCUT2D eigenvalue weighted by atomic mass is 19.1.